The van der Waals surface area contributed by atoms with Gasteiger partial charge in [-0.25, -0.2) is 0 Å². The van der Waals surface area contributed by atoms with E-state index in [9.17, 15) is 0 Å². The molecule has 3 rings (SSSR count). The summed E-state index contributed by atoms with van der Waals surface area (Å²) in [5.74, 6) is 0.375. The first kappa shape index (κ1) is 13.3. The molecule has 0 spiro atoms. The second kappa shape index (κ2) is 5.73. The minimum atomic E-state index is 0.375. The van der Waals surface area contributed by atoms with E-state index in [2.05, 4.69) is 21.0 Å². The van der Waals surface area contributed by atoms with Gasteiger partial charge in [0, 0.05) is 57.2 Å². The van der Waals surface area contributed by atoms with Crippen LogP contribution in [0.5, 0.6) is 0 Å². The molecular weight excluding hydrogens is 252 g/mol. The van der Waals surface area contributed by atoms with Crippen LogP contribution in [0.3, 0.4) is 0 Å². The van der Waals surface area contributed by atoms with Gasteiger partial charge in [-0.15, -0.1) is 0 Å². The summed E-state index contributed by atoms with van der Waals surface area (Å²) in [6, 6.07) is 6.06. The summed E-state index contributed by atoms with van der Waals surface area (Å²) < 4.78 is 7.36. The van der Waals surface area contributed by atoms with Crippen molar-refractivity contribution in [1.29, 1.82) is 0 Å². The lowest BCUT2D eigenvalue weighted by atomic mass is 9.97. The second-order valence-electron chi connectivity index (χ2n) is 5.32. The molecule has 0 saturated heterocycles. The third-order valence-electron chi connectivity index (χ3n) is 3.80. The molecular formula is C15H20N4O. The molecule has 0 bridgehead atoms. The number of nitrogens with zero attached hydrogens (tertiary/aromatic N) is 4. The van der Waals surface area contributed by atoms with Gasteiger partial charge in [-0.2, -0.15) is 5.10 Å². The van der Waals surface area contributed by atoms with Crippen molar-refractivity contribution in [2.45, 2.75) is 19.0 Å². The zero-order chi connectivity index (χ0) is 13.9. The first-order chi connectivity index (χ1) is 9.78. The quantitative estimate of drug-likeness (QED) is 0.847. The fourth-order valence-electron chi connectivity index (χ4n) is 3.02. The molecule has 106 valence electrons. The molecule has 0 fully saturated rings. The summed E-state index contributed by atoms with van der Waals surface area (Å²) >= 11 is 0. The fraction of sp³-hybridized carbons (Fsp3) is 0.467. The number of methoxy groups -OCH3 is 1. The maximum Gasteiger partial charge on any atom is 0.0558 e. The summed E-state index contributed by atoms with van der Waals surface area (Å²) in [6.45, 7) is 3.51. The van der Waals surface area contributed by atoms with E-state index >= 15 is 0 Å². The Hall–Kier alpha value is -1.72. The van der Waals surface area contributed by atoms with Gasteiger partial charge in [0.1, 0.15) is 0 Å². The molecule has 5 nitrogen and oxygen atoms in total. The summed E-state index contributed by atoms with van der Waals surface area (Å²) in [5, 5.41) is 4.39. The predicted octanol–water partition coefficient (Wildman–Crippen LogP) is 1.56. The molecule has 0 aliphatic carbocycles. The maximum atomic E-state index is 5.38. The molecule has 0 unspecified atom stereocenters. The Labute approximate surface area is 119 Å². The monoisotopic (exact) mass is 272 g/mol. The van der Waals surface area contributed by atoms with Gasteiger partial charge in [0.2, 0.25) is 0 Å². The van der Waals surface area contributed by atoms with E-state index in [-0.39, 0.29) is 0 Å². The fourth-order valence-corrected chi connectivity index (χ4v) is 3.02. The molecule has 1 aliphatic rings. The lowest BCUT2D eigenvalue weighted by Crippen LogP contribution is -2.35. The van der Waals surface area contributed by atoms with Crippen molar-refractivity contribution in [3.05, 3.63) is 47.5 Å². The highest BCUT2D eigenvalue weighted by Crippen LogP contribution is 2.28. The van der Waals surface area contributed by atoms with E-state index < -0.39 is 0 Å². The van der Waals surface area contributed by atoms with Crippen LogP contribution in [0.1, 0.15) is 22.9 Å². The number of aromatic nitrogens is 3. The van der Waals surface area contributed by atoms with Crippen molar-refractivity contribution in [2.24, 2.45) is 7.05 Å². The summed E-state index contributed by atoms with van der Waals surface area (Å²) in [6.07, 6.45) is 3.82. The Balaban J connectivity index is 1.79. The minimum absolute atomic E-state index is 0.375. The number of ether oxygens (including phenoxy) is 1. The minimum Gasteiger partial charge on any atom is -0.384 e. The highest BCUT2D eigenvalue weighted by atomic mass is 16.5. The van der Waals surface area contributed by atoms with E-state index in [1.165, 1.54) is 11.3 Å². The molecule has 2 aromatic rings. The molecule has 0 radical (unpaired) electrons. The smallest absolute Gasteiger partial charge is 0.0558 e. The van der Waals surface area contributed by atoms with Crippen molar-refractivity contribution in [3.63, 3.8) is 0 Å². The van der Waals surface area contributed by atoms with Gasteiger partial charge in [-0.05, 0) is 12.1 Å². The average Bonchev–Trinajstić information content (AvgIpc) is 2.82. The molecule has 1 aliphatic heterocycles. The Bertz CT molecular complexity index is 567. The molecule has 0 N–H and O–H groups in total. The van der Waals surface area contributed by atoms with Gasteiger partial charge < -0.3 is 4.74 Å². The van der Waals surface area contributed by atoms with Gasteiger partial charge in [0.25, 0.3) is 0 Å². The van der Waals surface area contributed by atoms with E-state index in [0.717, 1.165) is 31.9 Å². The number of aryl methyl sites for hydroxylation is 1. The van der Waals surface area contributed by atoms with Gasteiger partial charge in [0.15, 0.2) is 0 Å². The molecule has 0 amide bonds. The highest BCUT2D eigenvalue weighted by molar-refractivity contribution is 5.25. The normalized spacial score (nSPS) is 19.0. The van der Waals surface area contributed by atoms with Crippen LogP contribution in [-0.4, -0.2) is 39.9 Å². The summed E-state index contributed by atoms with van der Waals surface area (Å²) in [7, 11) is 3.77. The van der Waals surface area contributed by atoms with E-state index in [0.29, 0.717) is 5.92 Å². The van der Waals surface area contributed by atoms with Crippen LogP contribution in [0.4, 0.5) is 0 Å². The summed E-state index contributed by atoms with van der Waals surface area (Å²) in [5.41, 5.74) is 3.72. The maximum absolute atomic E-state index is 5.38. The number of pyridine rings is 1. The van der Waals surface area contributed by atoms with Crippen molar-refractivity contribution in [1.82, 2.24) is 19.7 Å². The van der Waals surface area contributed by atoms with Crippen LogP contribution in [0, 0.1) is 0 Å². The van der Waals surface area contributed by atoms with Gasteiger partial charge in [-0.1, -0.05) is 6.07 Å². The third-order valence-corrected chi connectivity index (χ3v) is 3.80. The molecule has 2 aromatic heterocycles. The van der Waals surface area contributed by atoms with E-state index in [4.69, 9.17) is 4.74 Å². The number of hydrogen-bond acceptors (Lipinski definition) is 4. The Morgan fingerprint density at radius 3 is 3.05 bits per heavy atom. The van der Waals surface area contributed by atoms with Gasteiger partial charge >= 0.3 is 0 Å². The van der Waals surface area contributed by atoms with Crippen LogP contribution in [0.15, 0.2) is 30.6 Å². The Morgan fingerprint density at radius 1 is 1.40 bits per heavy atom. The highest BCUT2D eigenvalue weighted by Gasteiger charge is 2.28. The lowest BCUT2D eigenvalue weighted by molar-refractivity contribution is 0.132. The predicted molar refractivity (Wildman–Crippen MR) is 76.2 cm³/mol. The van der Waals surface area contributed by atoms with Crippen molar-refractivity contribution >= 4 is 0 Å². The summed E-state index contributed by atoms with van der Waals surface area (Å²) in [4.78, 5) is 6.82. The zero-order valence-electron chi connectivity index (χ0n) is 12.0. The Morgan fingerprint density at radius 2 is 2.30 bits per heavy atom. The standard InChI is InChI=1S/C15H20N4O/c1-18-15-12(7-17-18)8-19(9-13(15)11-20-2)10-14-5-3-4-6-16-14/h3-7,13H,8-11H2,1-2H3/t13-/m1/s1. The largest absolute Gasteiger partial charge is 0.384 e. The molecule has 0 aromatic carbocycles. The molecule has 1 atom stereocenters. The zero-order valence-corrected chi connectivity index (χ0v) is 12.0. The van der Waals surface area contributed by atoms with Crippen LogP contribution < -0.4 is 0 Å². The second-order valence-corrected chi connectivity index (χ2v) is 5.32. The van der Waals surface area contributed by atoms with Crippen molar-refractivity contribution in [3.8, 4) is 0 Å². The van der Waals surface area contributed by atoms with Crippen molar-refractivity contribution in [2.75, 3.05) is 20.3 Å². The van der Waals surface area contributed by atoms with E-state index in [1.807, 2.05) is 36.3 Å². The first-order valence-corrected chi connectivity index (χ1v) is 6.90. The van der Waals surface area contributed by atoms with Crippen LogP contribution in [-0.2, 0) is 24.9 Å². The van der Waals surface area contributed by atoms with Gasteiger partial charge in [0.05, 0.1) is 18.5 Å². The van der Waals surface area contributed by atoms with Crippen LogP contribution in [0.25, 0.3) is 0 Å². The number of fused-ring (bicyclic) bond motifs is 1. The third kappa shape index (κ3) is 2.59. The van der Waals surface area contributed by atoms with Crippen LogP contribution >= 0.6 is 0 Å². The number of rotatable bonds is 4. The first-order valence-electron chi connectivity index (χ1n) is 6.90. The number of hydrogen-bond donors (Lipinski definition) is 0. The van der Waals surface area contributed by atoms with Crippen LogP contribution in [0.2, 0.25) is 0 Å². The topological polar surface area (TPSA) is 43.2 Å². The van der Waals surface area contributed by atoms with Gasteiger partial charge in [-0.3, -0.25) is 14.6 Å². The molecule has 5 heteroatoms. The molecule has 0 saturated carbocycles. The molecule has 3 heterocycles. The Kier molecular flexibility index (Phi) is 3.80. The lowest BCUT2D eigenvalue weighted by Gasteiger charge is -2.32. The average molecular weight is 272 g/mol. The molecule has 20 heavy (non-hydrogen) atoms. The van der Waals surface area contributed by atoms with Crippen molar-refractivity contribution < 1.29 is 4.74 Å². The SMILES string of the molecule is COC[C@H]1CN(Cc2ccccn2)Cc2cnn(C)c21. The van der Waals surface area contributed by atoms with E-state index in [1.54, 1.807) is 7.11 Å².